The number of ether oxygens (including phenoxy) is 2. The van der Waals surface area contributed by atoms with Gasteiger partial charge in [-0.2, -0.15) is 10.2 Å². The van der Waals surface area contributed by atoms with E-state index < -0.39 is 23.1 Å². The maximum Gasteiger partial charge on any atom is 0.338 e. The van der Waals surface area contributed by atoms with Gasteiger partial charge in [-0.3, -0.25) is 0 Å². The first-order valence-corrected chi connectivity index (χ1v) is 9.15. The molecule has 0 fully saturated rings. The summed E-state index contributed by atoms with van der Waals surface area (Å²) in [6, 6.07) is 10.5. The molecule has 29 heavy (non-hydrogen) atoms. The fourth-order valence-electron chi connectivity index (χ4n) is 2.21. The Morgan fingerprint density at radius 1 is 0.724 bits per heavy atom. The largest absolute Gasteiger partial charge is 0.508 e. The van der Waals surface area contributed by atoms with E-state index in [1.54, 1.807) is 53.7 Å². The highest BCUT2D eigenvalue weighted by Crippen LogP contribution is 2.25. The molecule has 0 unspecified atom stereocenters. The van der Waals surface area contributed by atoms with Crippen LogP contribution in [0.1, 0.15) is 62.3 Å². The summed E-state index contributed by atoms with van der Waals surface area (Å²) in [5.41, 5.74) is -0.239. The van der Waals surface area contributed by atoms with Gasteiger partial charge in [0.2, 0.25) is 0 Å². The van der Waals surface area contributed by atoms with Gasteiger partial charge >= 0.3 is 11.9 Å². The molecule has 0 aliphatic heterocycles. The van der Waals surface area contributed by atoms with Crippen LogP contribution in [0.3, 0.4) is 0 Å². The molecule has 2 rings (SSSR count). The zero-order valence-electron chi connectivity index (χ0n) is 17.5. The van der Waals surface area contributed by atoms with Crippen molar-refractivity contribution < 1.29 is 24.2 Å². The van der Waals surface area contributed by atoms with Crippen molar-refractivity contribution in [3.63, 3.8) is 0 Å². The van der Waals surface area contributed by atoms with Crippen LogP contribution < -0.4 is 0 Å². The van der Waals surface area contributed by atoms with Crippen molar-refractivity contribution in [2.75, 3.05) is 0 Å². The number of hydrogen-bond acceptors (Lipinski definition) is 7. The number of carbonyl (C=O) groups is 2. The highest BCUT2D eigenvalue weighted by molar-refractivity contribution is 5.97. The summed E-state index contributed by atoms with van der Waals surface area (Å²) in [7, 11) is 0. The number of rotatable bonds is 4. The molecular weight excluding hydrogens is 372 g/mol. The third-order valence-electron chi connectivity index (χ3n) is 3.32. The summed E-state index contributed by atoms with van der Waals surface area (Å²) in [5, 5.41) is 17.5. The number of nitrogens with zero attached hydrogens (tertiary/aromatic N) is 2. The zero-order chi connectivity index (χ0) is 21.8. The predicted octanol–water partition coefficient (Wildman–Crippen LogP) is 5.72. The van der Waals surface area contributed by atoms with Crippen molar-refractivity contribution in [3.8, 4) is 5.75 Å². The lowest BCUT2D eigenvalue weighted by Crippen LogP contribution is -2.25. The molecule has 0 saturated heterocycles. The minimum atomic E-state index is -0.688. The topological polar surface area (TPSA) is 97.5 Å². The standard InChI is InChI=1S/C22H26N2O5/c1-21(2,3)28-19(26)14-11-15(20(27)29-22(4,5)6)13-17(12-14)24-23-16-7-9-18(25)10-8-16/h7-13,25H,1-6H3. The number of phenols is 1. The number of carbonyl (C=O) groups excluding carboxylic acids is 2. The van der Waals surface area contributed by atoms with Crippen LogP contribution in [-0.2, 0) is 9.47 Å². The third kappa shape index (κ3) is 7.37. The lowest BCUT2D eigenvalue weighted by Gasteiger charge is -2.21. The van der Waals surface area contributed by atoms with Crippen LogP contribution in [0.5, 0.6) is 5.75 Å². The van der Waals surface area contributed by atoms with Gasteiger partial charge in [0.1, 0.15) is 17.0 Å². The maximum absolute atomic E-state index is 12.5. The van der Waals surface area contributed by atoms with Gasteiger partial charge in [-0.05, 0) is 84.0 Å². The van der Waals surface area contributed by atoms with Crippen molar-refractivity contribution in [1.29, 1.82) is 0 Å². The van der Waals surface area contributed by atoms with E-state index in [-0.39, 0.29) is 16.9 Å². The molecule has 0 aliphatic rings. The smallest absolute Gasteiger partial charge is 0.338 e. The fourth-order valence-corrected chi connectivity index (χ4v) is 2.21. The van der Waals surface area contributed by atoms with Gasteiger partial charge in [0.15, 0.2) is 0 Å². The molecule has 0 radical (unpaired) electrons. The van der Waals surface area contributed by atoms with Crippen LogP contribution in [0.4, 0.5) is 11.4 Å². The zero-order valence-corrected chi connectivity index (χ0v) is 17.5. The summed E-state index contributed by atoms with van der Waals surface area (Å²) in [6.07, 6.45) is 0. The molecule has 2 aromatic carbocycles. The van der Waals surface area contributed by atoms with E-state index in [0.29, 0.717) is 11.4 Å². The molecule has 0 bridgehead atoms. The highest BCUT2D eigenvalue weighted by atomic mass is 16.6. The van der Waals surface area contributed by atoms with Gasteiger partial charge < -0.3 is 14.6 Å². The summed E-state index contributed by atoms with van der Waals surface area (Å²) in [5.74, 6) is -1.05. The van der Waals surface area contributed by atoms with E-state index in [1.165, 1.54) is 30.3 Å². The Morgan fingerprint density at radius 2 is 1.14 bits per heavy atom. The van der Waals surface area contributed by atoms with E-state index in [0.717, 1.165) is 0 Å². The van der Waals surface area contributed by atoms with Crippen LogP contribution >= 0.6 is 0 Å². The average molecular weight is 398 g/mol. The molecule has 0 atom stereocenters. The molecule has 2 aromatic rings. The van der Waals surface area contributed by atoms with Gasteiger partial charge in [0, 0.05) is 0 Å². The maximum atomic E-state index is 12.5. The van der Waals surface area contributed by atoms with Gasteiger partial charge in [-0.25, -0.2) is 9.59 Å². The van der Waals surface area contributed by atoms with Crippen molar-refractivity contribution in [2.45, 2.75) is 52.7 Å². The van der Waals surface area contributed by atoms with Gasteiger partial charge in [0.25, 0.3) is 0 Å². The molecule has 154 valence electrons. The van der Waals surface area contributed by atoms with Crippen molar-refractivity contribution >= 4 is 23.3 Å². The number of phenolic OH excluding ortho intramolecular Hbond substituents is 1. The van der Waals surface area contributed by atoms with Crippen LogP contribution in [0, 0.1) is 0 Å². The summed E-state index contributed by atoms with van der Waals surface area (Å²) >= 11 is 0. The molecule has 7 nitrogen and oxygen atoms in total. The number of azo groups is 1. The van der Waals surface area contributed by atoms with Crippen molar-refractivity contribution in [3.05, 3.63) is 53.6 Å². The first-order valence-electron chi connectivity index (χ1n) is 9.15. The molecular formula is C22H26N2O5. The number of hydrogen-bond donors (Lipinski definition) is 1. The van der Waals surface area contributed by atoms with Crippen molar-refractivity contribution in [1.82, 2.24) is 0 Å². The van der Waals surface area contributed by atoms with E-state index in [4.69, 9.17) is 9.47 Å². The third-order valence-corrected chi connectivity index (χ3v) is 3.32. The van der Waals surface area contributed by atoms with Crippen LogP contribution in [-0.4, -0.2) is 28.2 Å². The molecule has 0 saturated carbocycles. The van der Waals surface area contributed by atoms with Gasteiger partial charge in [-0.1, -0.05) is 0 Å². The Kier molecular flexibility index (Phi) is 6.41. The predicted molar refractivity (Wildman–Crippen MR) is 109 cm³/mol. The average Bonchev–Trinajstić information content (AvgIpc) is 2.58. The molecule has 0 amide bonds. The highest BCUT2D eigenvalue weighted by Gasteiger charge is 2.22. The second-order valence-electron chi connectivity index (χ2n) is 8.49. The first-order chi connectivity index (χ1) is 13.3. The Balaban J connectivity index is 2.41. The second-order valence-corrected chi connectivity index (χ2v) is 8.49. The Labute approximate surface area is 170 Å². The molecule has 7 heteroatoms. The fraction of sp³-hybridized carbons (Fsp3) is 0.364. The van der Waals surface area contributed by atoms with Gasteiger partial charge in [-0.15, -0.1) is 0 Å². The molecule has 0 aromatic heterocycles. The Bertz CT molecular complexity index is 873. The number of esters is 2. The number of benzene rings is 2. The number of aromatic hydroxyl groups is 1. The Hall–Kier alpha value is -3.22. The quantitative estimate of drug-likeness (QED) is 0.525. The second kappa shape index (κ2) is 8.43. The summed E-state index contributed by atoms with van der Waals surface area (Å²) in [4.78, 5) is 25.0. The molecule has 1 N–H and O–H groups in total. The lowest BCUT2D eigenvalue weighted by atomic mass is 10.1. The van der Waals surface area contributed by atoms with E-state index in [1.807, 2.05) is 0 Å². The van der Waals surface area contributed by atoms with Crippen molar-refractivity contribution in [2.24, 2.45) is 10.2 Å². The minimum absolute atomic E-state index is 0.114. The van der Waals surface area contributed by atoms with E-state index >= 15 is 0 Å². The van der Waals surface area contributed by atoms with E-state index in [9.17, 15) is 14.7 Å². The first kappa shape index (κ1) is 22.1. The SMILES string of the molecule is CC(C)(C)OC(=O)c1cc(N=Nc2ccc(O)cc2)cc(C(=O)OC(C)(C)C)c1. The Morgan fingerprint density at radius 3 is 1.55 bits per heavy atom. The van der Waals surface area contributed by atoms with Gasteiger partial charge in [0.05, 0.1) is 22.5 Å². The lowest BCUT2D eigenvalue weighted by molar-refractivity contribution is 0.00676. The molecule has 0 heterocycles. The molecule has 0 spiro atoms. The van der Waals surface area contributed by atoms with E-state index in [2.05, 4.69) is 10.2 Å². The normalized spacial score (nSPS) is 12.1. The monoisotopic (exact) mass is 398 g/mol. The van der Waals surface area contributed by atoms with Crippen LogP contribution in [0.25, 0.3) is 0 Å². The summed E-state index contributed by atoms with van der Waals surface area (Å²) in [6.45, 7) is 10.5. The minimum Gasteiger partial charge on any atom is -0.508 e. The molecule has 0 aliphatic carbocycles. The van der Waals surface area contributed by atoms with Crippen LogP contribution in [0.15, 0.2) is 52.7 Å². The summed E-state index contributed by atoms with van der Waals surface area (Å²) < 4.78 is 10.8. The van der Waals surface area contributed by atoms with Crippen LogP contribution in [0.2, 0.25) is 0 Å².